The van der Waals surface area contributed by atoms with E-state index >= 15 is 0 Å². The molecular formula is C24H22N2O5. The highest BCUT2D eigenvalue weighted by molar-refractivity contribution is 5.96. The van der Waals surface area contributed by atoms with Crippen molar-refractivity contribution in [1.82, 2.24) is 0 Å². The van der Waals surface area contributed by atoms with Gasteiger partial charge in [0, 0.05) is 18.3 Å². The number of hydrogen-bond donors (Lipinski definition) is 2. The van der Waals surface area contributed by atoms with E-state index in [1.807, 2.05) is 30.3 Å². The molecule has 0 saturated carbocycles. The first-order chi connectivity index (χ1) is 15.0. The van der Waals surface area contributed by atoms with Gasteiger partial charge in [0.2, 0.25) is 5.91 Å². The molecule has 7 heteroatoms. The van der Waals surface area contributed by atoms with Crippen LogP contribution in [0, 0.1) is 0 Å². The van der Waals surface area contributed by atoms with Crippen LogP contribution in [0.25, 0.3) is 0 Å². The first kappa shape index (κ1) is 21.6. The Labute approximate surface area is 180 Å². The lowest BCUT2D eigenvalue weighted by Gasteiger charge is -2.10. The number of anilines is 2. The summed E-state index contributed by atoms with van der Waals surface area (Å²) in [6.45, 7) is 1.32. The van der Waals surface area contributed by atoms with Crippen LogP contribution in [0.15, 0.2) is 78.9 Å². The normalized spacial score (nSPS) is 10.1. The van der Waals surface area contributed by atoms with Gasteiger partial charge in [-0.2, -0.15) is 0 Å². The minimum atomic E-state index is -0.632. The van der Waals surface area contributed by atoms with Crippen LogP contribution in [0.2, 0.25) is 0 Å². The van der Waals surface area contributed by atoms with Gasteiger partial charge in [0.05, 0.1) is 5.56 Å². The fraction of sp³-hybridized carbons (Fsp3) is 0.125. The van der Waals surface area contributed by atoms with Crippen molar-refractivity contribution in [2.75, 3.05) is 17.2 Å². The summed E-state index contributed by atoms with van der Waals surface area (Å²) < 4.78 is 10.8. The molecule has 2 N–H and O–H groups in total. The molecule has 3 aromatic carbocycles. The topological polar surface area (TPSA) is 93.7 Å². The Hall–Kier alpha value is -4.13. The van der Waals surface area contributed by atoms with Gasteiger partial charge >= 0.3 is 5.97 Å². The highest BCUT2D eigenvalue weighted by Crippen LogP contribution is 2.17. The third-order valence-electron chi connectivity index (χ3n) is 4.12. The van der Waals surface area contributed by atoms with E-state index in [0.717, 1.165) is 5.56 Å². The van der Waals surface area contributed by atoms with Gasteiger partial charge in [0.25, 0.3) is 5.91 Å². The molecule has 3 rings (SSSR count). The minimum absolute atomic E-state index is 0.215. The number of carbonyl (C=O) groups is 3. The maximum Gasteiger partial charge on any atom is 0.338 e. The van der Waals surface area contributed by atoms with Crippen LogP contribution < -0.4 is 15.4 Å². The summed E-state index contributed by atoms with van der Waals surface area (Å²) in [7, 11) is 0. The average Bonchev–Trinajstić information content (AvgIpc) is 2.77. The number of ether oxygens (including phenoxy) is 2. The van der Waals surface area contributed by atoms with Crippen LogP contribution in [0.4, 0.5) is 11.4 Å². The van der Waals surface area contributed by atoms with Crippen LogP contribution in [0.3, 0.4) is 0 Å². The first-order valence-corrected chi connectivity index (χ1v) is 9.61. The second-order valence-electron chi connectivity index (χ2n) is 6.69. The lowest BCUT2D eigenvalue weighted by molar-refractivity contribution is -0.119. The quantitative estimate of drug-likeness (QED) is 0.539. The summed E-state index contributed by atoms with van der Waals surface area (Å²) in [5.74, 6) is -0.818. The molecule has 0 radical (unpaired) electrons. The summed E-state index contributed by atoms with van der Waals surface area (Å²) >= 11 is 0. The third-order valence-corrected chi connectivity index (χ3v) is 4.12. The van der Waals surface area contributed by atoms with Gasteiger partial charge in [-0.3, -0.25) is 9.59 Å². The number of nitrogens with one attached hydrogen (secondary N) is 2. The molecule has 0 atom stereocenters. The third kappa shape index (κ3) is 7.01. The van der Waals surface area contributed by atoms with Gasteiger partial charge in [-0.1, -0.05) is 42.5 Å². The van der Waals surface area contributed by atoms with E-state index in [1.165, 1.54) is 6.92 Å². The molecule has 0 saturated heterocycles. The number of hydrogen-bond acceptors (Lipinski definition) is 5. The molecule has 2 amide bonds. The molecule has 0 aliphatic rings. The van der Waals surface area contributed by atoms with Crippen molar-refractivity contribution >= 4 is 29.2 Å². The fourth-order valence-electron chi connectivity index (χ4n) is 2.74. The minimum Gasteiger partial charge on any atom is -0.489 e. The van der Waals surface area contributed by atoms with Crippen LogP contribution in [0.5, 0.6) is 5.75 Å². The lowest BCUT2D eigenvalue weighted by atomic mass is 10.2. The molecule has 7 nitrogen and oxygen atoms in total. The summed E-state index contributed by atoms with van der Waals surface area (Å²) in [5.41, 5.74) is 2.32. The largest absolute Gasteiger partial charge is 0.489 e. The Bertz CT molecular complexity index is 1070. The van der Waals surface area contributed by atoms with Crippen LogP contribution >= 0.6 is 0 Å². The zero-order valence-electron chi connectivity index (χ0n) is 17.0. The lowest BCUT2D eigenvalue weighted by Crippen LogP contribution is -2.21. The molecule has 0 bridgehead atoms. The second-order valence-corrected chi connectivity index (χ2v) is 6.69. The van der Waals surface area contributed by atoms with Crippen molar-refractivity contribution in [2.24, 2.45) is 0 Å². The standard InChI is InChI=1S/C24H22N2O5/c1-17(27)25-20-10-6-11-21(14-20)26-23(28)16-31-24(29)19-9-5-12-22(13-19)30-15-18-7-3-2-4-8-18/h2-14H,15-16H2,1H3,(H,25,27)(H,26,28). The van der Waals surface area contributed by atoms with Crippen LogP contribution in [-0.2, 0) is 20.9 Å². The molecule has 3 aromatic rings. The van der Waals surface area contributed by atoms with Gasteiger partial charge in [-0.05, 0) is 42.0 Å². The molecule has 158 valence electrons. The van der Waals surface area contributed by atoms with Gasteiger partial charge in [-0.25, -0.2) is 4.79 Å². The predicted molar refractivity (Wildman–Crippen MR) is 117 cm³/mol. The highest BCUT2D eigenvalue weighted by atomic mass is 16.5. The Morgan fingerprint density at radius 3 is 2.26 bits per heavy atom. The molecule has 0 spiro atoms. The zero-order valence-corrected chi connectivity index (χ0v) is 17.0. The van der Waals surface area contributed by atoms with E-state index in [9.17, 15) is 14.4 Å². The van der Waals surface area contributed by atoms with E-state index < -0.39 is 18.5 Å². The van der Waals surface area contributed by atoms with Crippen molar-refractivity contribution in [1.29, 1.82) is 0 Å². The maximum atomic E-state index is 12.3. The molecular weight excluding hydrogens is 396 g/mol. The van der Waals surface area contributed by atoms with E-state index in [1.54, 1.807) is 48.5 Å². The summed E-state index contributed by atoms with van der Waals surface area (Å²) in [6, 6.07) is 22.9. The molecule has 31 heavy (non-hydrogen) atoms. The Balaban J connectivity index is 1.51. The predicted octanol–water partition coefficient (Wildman–Crippen LogP) is 4.02. The maximum absolute atomic E-state index is 12.3. The van der Waals surface area contributed by atoms with Crippen molar-refractivity contribution in [3.8, 4) is 5.75 Å². The van der Waals surface area contributed by atoms with E-state index in [-0.39, 0.29) is 11.5 Å². The van der Waals surface area contributed by atoms with Crippen LogP contribution in [0.1, 0.15) is 22.8 Å². The van der Waals surface area contributed by atoms with Crippen LogP contribution in [-0.4, -0.2) is 24.4 Å². The van der Waals surface area contributed by atoms with E-state index in [4.69, 9.17) is 9.47 Å². The number of amides is 2. The number of benzene rings is 3. The van der Waals surface area contributed by atoms with Crippen molar-refractivity contribution in [2.45, 2.75) is 13.5 Å². The molecule has 0 aliphatic carbocycles. The van der Waals surface area contributed by atoms with Crippen molar-refractivity contribution in [3.63, 3.8) is 0 Å². The second kappa shape index (κ2) is 10.6. The highest BCUT2D eigenvalue weighted by Gasteiger charge is 2.12. The SMILES string of the molecule is CC(=O)Nc1cccc(NC(=O)COC(=O)c2cccc(OCc3ccccc3)c2)c1. The molecule has 0 fully saturated rings. The van der Waals surface area contributed by atoms with E-state index in [2.05, 4.69) is 10.6 Å². The molecule has 0 aliphatic heterocycles. The smallest absolute Gasteiger partial charge is 0.338 e. The van der Waals surface area contributed by atoms with E-state index in [0.29, 0.717) is 23.7 Å². The number of esters is 1. The van der Waals surface area contributed by atoms with Gasteiger partial charge in [0.1, 0.15) is 12.4 Å². The van der Waals surface area contributed by atoms with Gasteiger partial charge in [0.15, 0.2) is 6.61 Å². The van der Waals surface area contributed by atoms with Gasteiger partial charge < -0.3 is 20.1 Å². The monoisotopic (exact) mass is 418 g/mol. The zero-order chi connectivity index (χ0) is 22.1. The molecule has 0 heterocycles. The molecule has 0 unspecified atom stereocenters. The van der Waals surface area contributed by atoms with Crippen molar-refractivity contribution < 1.29 is 23.9 Å². The average molecular weight is 418 g/mol. The number of rotatable bonds is 8. The summed E-state index contributed by atoms with van der Waals surface area (Å²) in [6.07, 6.45) is 0. The Morgan fingerprint density at radius 1 is 0.806 bits per heavy atom. The fourth-order valence-corrected chi connectivity index (χ4v) is 2.74. The Kier molecular flexibility index (Phi) is 7.37. The Morgan fingerprint density at radius 2 is 1.52 bits per heavy atom. The first-order valence-electron chi connectivity index (χ1n) is 9.61. The van der Waals surface area contributed by atoms with Gasteiger partial charge in [-0.15, -0.1) is 0 Å². The summed E-state index contributed by atoms with van der Waals surface area (Å²) in [5, 5.41) is 5.25. The molecule has 0 aromatic heterocycles. The summed E-state index contributed by atoms with van der Waals surface area (Å²) in [4.78, 5) is 35.5. The van der Waals surface area contributed by atoms with Crippen molar-refractivity contribution in [3.05, 3.63) is 90.0 Å². The number of carbonyl (C=O) groups excluding carboxylic acids is 3.